The van der Waals surface area contributed by atoms with Gasteiger partial charge in [0.1, 0.15) is 0 Å². The summed E-state index contributed by atoms with van der Waals surface area (Å²) in [5.74, 6) is 0.870. The zero-order chi connectivity index (χ0) is 8.89. The lowest BCUT2D eigenvalue weighted by atomic mass is 9.95. The first-order chi connectivity index (χ1) is 6.31. The average Bonchev–Trinajstić information content (AvgIpc) is 2.70. The van der Waals surface area contributed by atoms with Crippen LogP contribution < -0.4 is 11.1 Å². The van der Waals surface area contributed by atoms with Gasteiger partial charge in [0.2, 0.25) is 0 Å². The summed E-state index contributed by atoms with van der Waals surface area (Å²) in [5.41, 5.74) is 8.56. The standard InChI is InChI=1S/C11H14N2/c12-10-3-1-2-8(4-10)11-5-9(11)6-13-7-11/h1-4,9,13H,5-7,12H2. The molecule has 1 heterocycles. The normalized spacial score (nSPS) is 35.8. The first-order valence-electron chi connectivity index (χ1n) is 4.88. The lowest BCUT2D eigenvalue weighted by Gasteiger charge is -2.12. The van der Waals surface area contributed by atoms with Crippen LogP contribution in [0.5, 0.6) is 0 Å². The van der Waals surface area contributed by atoms with Crippen LogP contribution in [-0.2, 0) is 5.41 Å². The van der Waals surface area contributed by atoms with Crippen LogP contribution >= 0.6 is 0 Å². The predicted octanol–water partition coefficient (Wildman–Crippen LogP) is 1.13. The number of nitrogens with two attached hydrogens (primary N) is 1. The van der Waals surface area contributed by atoms with Gasteiger partial charge in [-0.05, 0) is 36.6 Å². The highest BCUT2D eigenvalue weighted by Crippen LogP contribution is 2.56. The van der Waals surface area contributed by atoms with Crippen LogP contribution in [-0.4, -0.2) is 13.1 Å². The van der Waals surface area contributed by atoms with E-state index in [-0.39, 0.29) is 0 Å². The lowest BCUT2D eigenvalue weighted by Crippen LogP contribution is -2.19. The number of hydrogen-bond acceptors (Lipinski definition) is 2. The van der Waals surface area contributed by atoms with E-state index in [1.54, 1.807) is 0 Å². The molecule has 1 saturated heterocycles. The summed E-state index contributed by atoms with van der Waals surface area (Å²) < 4.78 is 0. The third-order valence-corrected chi connectivity index (χ3v) is 3.52. The number of benzene rings is 1. The van der Waals surface area contributed by atoms with Crippen molar-refractivity contribution in [2.75, 3.05) is 18.8 Å². The second kappa shape index (κ2) is 2.26. The van der Waals surface area contributed by atoms with Gasteiger partial charge in [-0.3, -0.25) is 0 Å². The molecule has 2 unspecified atom stereocenters. The smallest absolute Gasteiger partial charge is 0.0316 e. The van der Waals surface area contributed by atoms with E-state index in [0.29, 0.717) is 5.41 Å². The van der Waals surface area contributed by atoms with Crippen LogP contribution in [0.15, 0.2) is 24.3 Å². The number of nitrogens with one attached hydrogen (secondary N) is 1. The van der Waals surface area contributed by atoms with Crippen molar-refractivity contribution in [3.63, 3.8) is 0 Å². The van der Waals surface area contributed by atoms with Crippen LogP contribution in [0, 0.1) is 5.92 Å². The topological polar surface area (TPSA) is 38.0 Å². The zero-order valence-corrected chi connectivity index (χ0v) is 7.59. The molecule has 1 aliphatic heterocycles. The van der Waals surface area contributed by atoms with Crippen molar-refractivity contribution in [2.24, 2.45) is 5.92 Å². The molecule has 2 aliphatic rings. The molecule has 3 N–H and O–H groups in total. The average molecular weight is 174 g/mol. The van der Waals surface area contributed by atoms with Gasteiger partial charge < -0.3 is 11.1 Å². The Balaban J connectivity index is 2.01. The van der Waals surface area contributed by atoms with Crippen molar-refractivity contribution in [1.29, 1.82) is 0 Å². The van der Waals surface area contributed by atoms with E-state index in [0.717, 1.165) is 18.2 Å². The number of anilines is 1. The fourth-order valence-electron chi connectivity index (χ4n) is 2.64. The Morgan fingerprint density at radius 1 is 1.46 bits per heavy atom. The largest absolute Gasteiger partial charge is 0.399 e. The number of hydrogen-bond donors (Lipinski definition) is 2. The molecule has 13 heavy (non-hydrogen) atoms. The van der Waals surface area contributed by atoms with E-state index >= 15 is 0 Å². The van der Waals surface area contributed by atoms with Gasteiger partial charge in [0.05, 0.1) is 0 Å². The summed E-state index contributed by atoms with van der Waals surface area (Å²) in [6, 6.07) is 8.36. The molecule has 1 aliphatic carbocycles. The molecule has 2 atom stereocenters. The second-order valence-corrected chi connectivity index (χ2v) is 4.31. The summed E-state index contributed by atoms with van der Waals surface area (Å²) >= 11 is 0. The Kier molecular flexibility index (Phi) is 1.29. The summed E-state index contributed by atoms with van der Waals surface area (Å²) in [4.78, 5) is 0. The Hall–Kier alpha value is -1.02. The van der Waals surface area contributed by atoms with Gasteiger partial charge in [0.15, 0.2) is 0 Å². The van der Waals surface area contributed by atoms with E-state index < -0.39 is 0 Å². The second-order valence-electron chi connectivity index (χ2n) is 4.31. The third-order valence-electron chi connectivity index (χ3n) is 3.52. The Labute approximate surface area is 78.1 Å². The monoisotopic (exact) mass is 174 g/mol. The predicted molar refractivity (Wildman–Crippen MR) is 53.5 cm³/mol. The Bertz CT molecular complexity index is 348. The van der Waals surface area contributed by atoms with Crippen LogP contribution in [0.25, 0.3) is 0 Å². The van der Waals surface area contributed by atoms with E-state index in [9.17, 15) is 0 Å². The van der Waals surface area contributed by atoms with Gasteiger partial charge in [-0.25, -0.2) is 0 Å². The van der Waals surface area contributed by atoms with Gasteiger partial charge in [0, 0.05) is 17.6 Å². The summed E-state index contributed by atoms with van der Waals surface area (Å²) in [7, 11) is 0. The Morgan fingerprint density at radius 2 is 2.38 bits per heavy atom. The summed E-state index contributed by atoms with van der Waals surface area (Å²) in [5, 5.41) is 3.44. The number of nitrogen functional groups attached to an aromatic ring is 1. The Morgan fingerprint density at radius 3 is 3.00 bits per heavy atom. The van der Waals surface area contributed by atoms with Crippen LogP contribution in [0.4, 0.5) is 5.69 Å². The van der Waals surface area contributed by atoms with Crippen molar-refractivity contribution in [3.8, 4) is 0 Å². The van der Waals surface area contributed by atoms with E-state index in [1.165, 1.54) is 18.5 Å². The first kappa shape index (κ1) is 7.39. The molecule has 2 heteroatoms. The van der Waals surface area contributed by atoms with Crippen molar-refractivity contribution >= 4 is 5.69 Å². The number of piperidine rings is 1. The first-order valence-corrected chi connectivity index (χ1v) is 4.88. The third kappa shape index (κ3) is 0.923. The molecule has 2 fully saturated rings. The molecule has 0 bridgehead atoms. The van der Waals surface area contributed by atoms with E-state index in [2.05, 4.69) is 23.5 Å². The maximum atomic E-state index is 5.78. The van der Waals surface area contributed by atoms with Gasteiger partial charge in [-0.2, -0.15) is 0 Å². The van der Waals surface area contributed by atoms with Crippen molar-refractivity contribution in [3.05, 3.63) is 29.8 Å². The van der Waals surface area contributed by atoms with Gasteiger partial charge in [-0.15, -0.1) is 0 Å². The van der Waals surface area contributed by atoms with Crippen molar-refractivity contribution < 1.29 is 0 Å². The molecule has 1 aromatic carbocycles. The van der Waals surface area contributed by atoms with Crippen LogP contribution in [0.1, 0.15) is 12.0 Å². The van der Waals surface area contributed by atoms with E-state index in [4.69, 9.17) is 5.73 Å². The highest BCUT2D eigenvalue weighted by molar-refractivity contribution is 5.47. The molecule has 0 radical (unpaired) electrons. The SMILES string of the molecule is Nc1cccc(C23CNCC2C3)c1. The minimum Gasteiger partial charge on any atom is -0.399 e. The highest BCUT2D eigenvalue weighted by Gasteiger charge is 2.57. The molecule has 1 saturated carbocycles. The fraction of sp³-hybridized carbons (Fsp3) is 0.455. The highest BCUT2D eigenvalue weighted by atomic mass is 15.0. The molecule has 1 aromatic rings. The molecule has 3 rings (SSSR count). The molecule has 68 valence electrons. The molecule has 0 spiro atoms. The van der Waals surface area contributed by atoms with Gasteiger partial charge in [0.25, 0.3) is 0 Å². The van der Waals surface area contributed by atoms with Gasteiger partial charge >= 0.3 is 0 Å². The molecule has 2 nitrogen and oxygen atoms in total. The number of fused-ring (bicyclic) bond motifs is 1. The minimum atomic E-state index is 0.454. The lowest BCUT2D eigenvalue weighted by molar-refractivity contribution is 0.676. The van der Waals surface area contributed by atoms with Crippen molar-refractivity contribution in [2.45, 2.75) is 11.8 Å². The number of rotatable bonds is 1. The van der Waals surface area contributed by atoms with Gasteiger partial charge in [-0.1, -0.05) is 12.1 Å². The molecular formula is C11H14N2. The maximum absolute atomic E-state index is 5.78. The quantitative estimate of drug-likeness (QED) is 0.626. The van der Waals surface area contributed by atoms with Crippen LogP contribution in [0.3, 0.4) is 0 Å². The maximum Gasteiger partial charge on any atom is 0.0316 e. The minimum absolute atomic E-state index is 0.454. The summed E-state index contributed by atoms with van der Waals surface area (Å²) in [6.45, 7) is 2.33. The summed E-state index contributed by atoms with van der Waals surface area (Å²) in [6.07, 6.45) is 1.35. The zero-order valence-electron chi connectivity index (χ0n) is 7.59. The molecule has 0 amide bonds. The van der Waals surface area contributed by atoms with E-state index in [1.807, 2.05) is 6.07 Å². The van der Waals surface area contributed by atoms with Crippen molar-refractivity contribution in [1.82, 2.24) is 5.32 Å². The fourth-order valence-corrected chi connectivity index (χ4v) is 2.64. The molecule has 0 aromatic heterocycles. The van der Waals surface area contributed by atoms with Crippen LogP contribution in [0.2, 0.25) is 0 Å². The molecular weight excluding hydrogens is 160 g/mol.